The highest BCUT2D eigenvalue weighted by atomic mass is 32.1. The van der Waals surface area contributed by atoms with Gasteiger partial charge in [-0.2, -0.15) is 0 Å². The Kier molecular flexibility index (Phi) is 2.31. The van der Waals surface area contributed by atoms with E-state index < -0.39 is 0 Å². The Morgan fingerprint density at radius 1 is 1.20 bits per heavy atom. The summed E-state index contributed by atoms with van der Waals surface area (Å²) in [7, 11) is 1.62. The van der Waals surface area contributed by atoms with Gasteiger partial charge < -0.3 is 4.74 Å². The van der Waals surface area contributed by atoms with E-state index in [1.54, 1.807) is 17.6 Å². The molecule has 0 spiro atoms. The third kappa shape index (κ3) is 1.47. The molecule has 2 aromatic carbocycles. The molecule has 0 amide bonds. The number of para-hydroxylation sites is 1. The monoisotopic (exact) mass is 282 g/mol. The predicted molar refractivity (Wildman–Crippen MR) is 80.9 cm³/mol. The van der Waals surface area contributed by atoms with Crippen molar-refractivity contribution in [2.24, 2.45) is 0 Å². The normalized spacial score (nSPS) is 11.4. The summed E-state index contributed by atoms with van der Waals surface area (Å²) >= 11 is 1.51. The maximum atomic E-state index is 12.7. The first-order valence-electron chi connectivity index (χ1n) is 6.16. The molecule has 2 aromatic heterocycles. The van der Waals surface area contributed by atoms with Gasteiger partial charge in [0.15, 0.2) is 4.96 Å². The zero-order valence-electron chi connectivity index (χ0n) is 10.7. The Labute approximate surface area is 117 Å². The van der Waals surface area contributed by atoms with Crippen LogP contribution in [0.15, 0.2) is 47.3 Å². The number of aromatic nitrogens is 2. The van der Waals surface area contributed by atoms with Crippen LogP contribution in [0.25, 0.3) is 26.1 Å². The second-order valence-electron chi connectivity index (χ2n) is 4.49. The number of ether oxygens (including phenoxy) is 1. The smallest absolute Gasteiger partial charge is 0.266 e. The number of nitrogens with zero attached hydrogens (tertiary/aromatic N) is 2. The van der Waals surface area contributed by atoms with Crippen LogP contribution in [0.2, 0.25) is 0 Å². The molecule has 4 rings (SSSR count). The van der Waals surface area contributed by atoms with Gasteiger partial charge >= 0.3 is 0 Å². The number of benzene rings is 2. The van der Waals surface area contributed by atoms with Crippen LogP contribution in [0, 0.1) is 0 Å². The van der Waals surface area contributed by atoms with Crippen molar-refractivity contribution >= 4 is 37.4 Å². The molecule has 20 heavy (non-hydrogen) atoms. The van der Waals surface area contributed by atoms with Crippen LogP contribution in [0.3, 0.4) is 0 Å². The van der Waals surface area contributed by atoms with Gasteiger partial charge in [0, 0.05) is 6.07 Å². The lowest BCUT2D eigenvalue weighted by Gasteiger charge is -2.01. The van der Waals surface area contributed by atoms with Gasteiger partial charge in [-0.3, -0.25) is 9.20 Å². The van der Waals surface area contributed by atoms with Crippen LogP contribution >= 0.6 is 11.3 Å². The lowest BCUT2D eigenvalue weighted by molar-refractivity contribution is 0.415. The fraction of sp³-hybridized carbons (Fsp3) is 0.0667. The Morgan fingerprint density at radius 3 is 2.90 bits per heavy atom. The number of fused-ring (bicyclic) bond motifs is 4. The van der Waals surface area contributed by atoms with Gasteiger partial charge in [-0.25, -0.2) is 4.98 Å². The summed E-state index contributed by atoms with van der Waals surface area (Å²) in [6, 6.07) is 13.1. The topological polar surface area (TPSA) is 43.6 Å². The van der Waals surface area contributed by atoms with Gasteiger partial charge in [0.2, 0.25) is 0 Å². The zero-order valence-corrected chi connectivity index (χ0v) is 11.5. The quantitative estimate of drug-likeness (QED) is 0.539. The van der Waals surface area contributed by atoms with E-state index in [2.05, 4.69) is 4.98 Å². The Morgan fingerprint density at radius 2 is 2.05 bits per heavy atom. The van der Waals surface area contributed by atoms with E-state index in [-0.39, 0.29) is 5.56 Å². The molecule has 98 valence electrons. The Balaban J connectivity index is 2.27. The first kappa shape index (κ1) is 11.4. The molecule has 0 saturated heterocycles. The summed E-state index contributed by atoms with van der Waals surface area (Å²) in [6.07, 6.45) is 0. The van der Waals surface area contributed by atoms with E-state index in [0.29, 0.717) is 10.3 Å². The average Bonchev–Trinajstić information content (AvgIpc) is 2.84. The molecule has 4 nitrogen and oxygen atoms in total. The highest BCUT2D eigenvalue weighted by Gasteiger charge is 2.11. The highest BCUT2D eigenvalue weighted by Crippen LogP contribution is 2.28. The van der Waals surface area contributed by atoms with E-state index in [1.165, 1.54) is 11.3 Å². The second kappa shape index (κ2) is 4.05. The average molecular weight is 282 g/mol. The summed E-state index contributed by atoms with van der Waals surface area (Å²) < 4.78 is 7.91. The van der Waals surface area contributed by atoms with Gasteiger partial charge in [-0.1, -0.05) is 23.5 Å². The highest BCUT2D eigenvalue weighted by molar-refractivity contribution is 7.23. The van der Waals surface area contributed by atoms with Crippen LogP contribution in [0.5, 0.6) is 5.75 Å². The Hall–Kier alpha value is -2.40. The minimum atomic E-state index is -0.0369. The molecule has 0 fully saturated rings. The molecule has 5 heteroatoms. The number of hydrogen-bond donors (Lipinski definition) is 0. The van der Waals surface area contributed by atoms with Crippen molar-refractivity contribution in [3.05, 3.63) is 52.8 Å². The van der Waals surface area contributed by atoms with Crippen LogP contribution in [0.4, 0.5) is 0 Å². The van der Waals surface area contributed by atoms with E-state index in [4.69, 9.17) is 4.74 Å². The van der Waals surface area contributed by atoms with E-state index in [0.717, 1.165) is 21.5 Å². The molecule has 0 unspecified atom stereocenters. The van der Waals surface area contributed by atoms with Gasteiger partial charge in [0.1, 0.15) is 5.75 Å². The molecule has 0 bridgehead atoms. The lowest BCUT2D eigenvalue weighted by atomic mass is 10.2. The van der Waals surface area contributed by atoms with Crippen molar-refractivity contribution in [1.82, 2.24) is 9.38 Å². The van der Waals surface area contributed by atoms with Crippen LogP contribution in [-0.2, 0) is 0 Å². The molecule has 0 aliphatic heterocycles. The third-order valence-electron chi connectivity index (χ3n) is 3.35. The molecular weight excluding hydrogens is 272 g/mol. The second-order valence-corrected chi connectivity index (χ2v) is 5.50. The van der Waals surface area contributed by atoms with Gasteiger partial charge in [0.05, 0.1) is 28.2 Å². The zero-order chi connectivity index (χ0) is 13.7. The molecule has 4 aromatic rings. The summed E-state index contributed by atoms with van der Waals surface area (Å²) in [4.78, 5) is 17.9. The fourth-order valence-electron chi connectivity index (χ4n) is 2.38. The largest absolute Gasteiger partial charge is 0.497 e. The van der Waals surface area contributed by atoms with E-state index in [1.807, 2.05) is 36.4 Å². The molecule has 0 aliphatic rings. The van der Waals surface area contributed by atoms with Crippen LogP contribution < -0.4 is 10.3 Å². The van der Waals surface area contributed by atoms with Crippen molar-refractivity contribution in [2.45, 2.75) is 0 Å². The molecule has 0 atom stereocenters. The number of hydrogen-bond acceptors (Lipinski definition) is 4. The summed E-state index contributed by atoms with van der Waals surface area (Å²) in [6.45, 7) is 0. The molecule has 0 aliphatic carbocycles. The molecule has 0 saturated carbocycles. The first-order valence-corrected chi connectivity index (χ1v) is 6.97. The molecule has 0 N–H and O–H groups in total. The summed E-state index contributed by atoms with van der Waals surface area (Å²) in [5.74, 6) is 0.734. The number of methoxy groups -OCH3 is 1. The van der Waals surface area contributed by atoms with Crippen molar-refractivity contribution in [3.8, 4) is 5.75 Å². The lowest BCUT2D eigenvalue weighted by Crippen LogP contribution is -2.13. The summed E-state index contributed by atoms with van der Waals surface area (Å²) in [5, 5.41) is 0.632. The standard InChI is InChI=1S/C15H10N2O2S/c1-19-9-6-7-13-12(8-9)17-14(18)10-4-2-3-5-11(10)16-15(17)20-13/h2-8H,1H3. The SMILES string of the molecule is COc1ccc2sc3nc4ccccc4c(=O)n3c2c1. The number of rotatable bonds is 1. The molecule has 2 heterocycles. The van der Waals surface area contributed by atoms with Crippen molar-refractivity contribution in [3.63, 3.8) is 0 Å². The molecule has 0 radical (unpaired) electrons. The third-order valence-corrected chi connectivity index (χ3v) is 4.37. The minimum Gasteiger partial charge on any atom is -0.497 e. The minimum absolute atomic E-state index is 0.0369. The van der Waals surface area contributed by atoms with Gasteiger partial charge in [-0.05, 0) is 24.3 Å². The number of thiazole rings is 1. The van der Waals surface area contributed by atoms with E-state index >= 15 is 0 Å². The maximum Gasteiger partial charge on any atom is 0.266 e. The van der Waals surface area contributed by atoms with Gasteiger partial charge in [-0.15, -0.1) is 0 Å². The maximum absolute atomic E-state index is 12.7. The van der Waals surface area contributed by atoms with Crippen LogP contribution in [0.1, 0.15) is 0 Å². The van der Waals surface area contributed by atoms with Crippen molar-refractivity contribution in [1.29, 1.82) is 0 Å². The van der Waals surface area contributed by atoms with Crippen molar-refractivity contribution < 1.29 is 4.74 Å². The van der Waals surface area contributed by atoms with E-state index in [9.17, 15) is 4.79 Å². The van der Waals surface area contributed by atoms with Crippen molar-refractivity contribution in [2.75, 3.05) is 7.11 Å². The first-order chi connectivity index (χ1) is 9.78. The Bertz CT molecular complexity index is 1020. The fourth-order valence-corrected chi connectivity index (χ4v) is 3.38. The van der Waals surface area contributed by atoms with Crippen LogP contribution in [-0.4, -0.2) is 16.5 Å². The predicted octanol–water partition coefficient (Wildman–Crippen LogP) is 3.07. The molecular formula is C15H10N2O2S. The van der Waals surface area contributed by atoms with Gasteiger partial charge in [0.25, 0.3) is 5.56 Å². The summed E-state index contributed by atoms with van der Waals surface area (Å²) in [5.41, 5.74) is 1.54.